The molecule has 0 saturated carbocycles. The number of ether oxygens (including phenoxy) is 1. The minimum absolute atomic E-state index is 0.218. The summed E-state index contributed by atoms with van der Waals surface area (Å²) in [5.74, 6) is 0.719. The van der Waals surface area contributed by atoms with Crippen molar-refractivity contribution >= 4 is 28.5 Å². The number of fused-ring (bicyclic) bond motifs is 1. The lowest BCUT2D eigenvalue weighted by molar-refractivity contribution is -0.111. The summed E-state index contributed by atoms with van der Waals surface area (Å²) in [5, 5.41) is 12.4. The number of carbonyl (C=O) groups excluding carboxylic acids is 1. The quantitative estimate of drug-likeness (QED) is 0.682. The average molecular weight is 377 g/mol. The molecular weight excluding hydrogens is 358 g/mol. The van der Waals surface area contributed by atoms with E-state index in [1.54, 1.807) is 6.08 Å². The fourth-order valence-electron chi connectivity index (χ4n) is 2.89. The van der Waals surface area contributed by atoms with Crippen LogP contribution in [-0.2, 0) is 17.6 Å². The predicted molar refractivity (Wildman–Crippen MR) is 107 cm³/mol. The van der Waals surface area contributed by atoms with Crippen LogP contribution in [-0.4, -0.2) is 22.7 Å². The molecule has 1 aromatic heterocycles. The van der Waals surface area contributed by atoms with E-state index < -0.39 is 0 Å². The number of hydrogen-bond acceptors (Lipinski definition) is 5. The molecule has 0 radical (unpaired) electrons. The largest absolute Gasteiger partial charge is 0.493 e. The Morgan fingerprint density at radius 3 is 2.93 bits per heavy atom. The third-order valence-electron chi connectivity index (χ3n) is 4.31. The maximum Gasteiger partial charge on any atom is 0.250 e. The summed E-state index contributed by atoms with van der Waals surface area (Å²) in [7, 11) is 0. The molecule has 0 spiro atoms. The molecule has 2 aromatic carbocycles. The van der Waals surface area contributed by atoms with Crippen molar-refractivity contribution in [2.45, 2.75) is 19.8 Å². The van der Waals surface area contributed by atoms with Gasteiger partial charge in [0.15, 0.2) is 0 Å². The third-order valence-corrected chi connectivity index (χ3v) is 5.15. The second-order valence-electron chi connectivity index (χ2n) is 6.45. The van der Waals surface area contributed by atoms with Crippen molar-refractivity contribution in [3.8, 4) is 5.75 Å². The first kappa shape index (κ1) is 17.4. The summed E-state index contributed by atoms with van der Waals surface area (Å²) in [6.45, 7) is 2.79. The van der Waals surface area contributed by atoms with E-state index in [2.05, 4.69) is 52.8 Å². The fraction of sp³-hybridized carbons (Fsp3) is 0.190. The van der Waals surface area contributed by atoms with Gasteiger partial charge in [-0.2, -0.15) is 0 Å². The molecule has 0 saturated heterocycles. The number of anilines is 1. The van der Waals surface area contributed by atoms with Crippen LogP contribution in [0.2, 0.25) is 0 Å². The zero-order valence-corrected chi connectivity index (χ0v) is 15.8. The molecule has 0 fully saturated rings. The Morgan fingerprint density at radius 2 is 2.07 bits per heavy atom. The van der Waals surface area contributed by atoms with Crippen molar-refractivity contribution in [3.63, 3.8) is 0 Å². The summed E-state index contributed by atoms with van der Waals surface area (Å²) >= 11 is 1.39. The Labute approximate surface area is 161 Å². The molecule has 1 N–H and O–H groups in total. The minimum Gasteiger partial charge on any atom is -0.493 e. The van der Waals surface area contributed by atoms with Crippen molar-refractivity contribution in [1.82, 2.24) is 10.2 Å². The molecule has 1 aliphatic rings. The van der Waals surface area contributed by atoms with Gasteiger partial charge in [-0.15, -0.1) is 10.2 Å². The summed E-state index contributed by atoms with van der Waals surface area (Å²) in [4.78, 5) is 12.1. The highest BCUT2D eigenvalue weighted by Gasteiger charge is 2.11. The average Bonchev–Trinajstić information content (AvgIpc) is 3.30. The van der Waals surface area contributed by atoms with Gasteiger partial charge in [0, 0.05) is 18.9 Å². The molecule has 0 aliphatic carbocycles. The van der Waals surface area contributed by atoms with Gasteiger partial charge in [-0.1, -0.05) is 47.2 Å². The third kappa shape index (κ3) is 4.41. The first-order valence-electron chi connectivity index (χ1n) is 8.78. The first-order chi connectivity index (χ1) is 13.2. The van der Waals surface area contributed by atoms with Crippen LogP contribution in [0.5, 0.6) is 5.75 Å². The normalized spacial score (nSPS) is 12.8. The van der Waals surface area contributed by atoms with E-state index >= 15 is 0 Å². The summed E-state index contributed by atoms with van der Waals surface area (Å²) < 4.78 is 5.49. The molecule has 136 valence electrons. The van der Waals surface area contributed by atoms with Crippen LogP contribution in [0.25, 0.3) is 6.08 Å². The molecule has 4 rings (SSSR count). The number of aromatic nitrogens is 2. The Morgan fingerprint density at radius 1 is 1.22 bits per heavy atom. The standard InChI is InChI=1S/C21H19N3O2S/c1-14-2-4-16(5-3-14)13-20-23-24-21(27-20)22-19(25)9-7-15-6-8-18-17(12-15)10-11-26-18/h2-9,12H,10-11,13H2,1H3,(H,22,24,25)/b9-7+. The highest BCUT2D eigenvalue weighted by atomic mass is 32.1. The zero-order chi connectivity index (χ0) is 18.6. The van der Waals surface area contributed by atoms with Crippen LogP contribution in [0.15, 0.2) is 48.5 Å². The van der Waals surface area contributed by atoms with Gasteiger partial charge in [0.25, 0.3) is 0 Å². The minimum atomic E-state index is -0.218. The van der Waals surface area contributed by atoms with Crippen LogP contribution in [0.4, 0.5) is 5.13 Å². The Bertz CT molecular complexity index is 993. The molecule has 27 heavy (non-hydrogen) atoms. The SMILES string of the molecule is Cc1ccc(Cc2nnc(NC(=O)/C=C/c3ccc4c(c3)CCO4)s2)cc1. The van der Waals surface area contributed by atoms with Crippen LogP contribution >= 0.6 is 11.3 Å². The van der Waals surface area contributed by atoms with E-state index in [-0.39, 0.29) is 5.91 Å². The fourth-order valence-corrected chi connectivity index (χ4v) is 3.66. The van der Waals surface area contributed by atoms with Crippen LogP contribution in [0.1, 0.15) is 27.3 Å². The lowest BCUT2D eigenvalue weighted by atomic mass is 10.1. The van der Waals surface area contributed by atoms with Gasteiger partial charge in [-0.05, 0) is 41.8 Å². The van der Waals surface area contributed by atoms with Gasteiger partial charge in [-0.3, -0.25) is 10.1 Å². The lowest BCUT2D eigenvalue weighted by Gasteiger charge is -2.00. The Kier molecular flexibility index (Phi) is 4.98. The van der Waals surface area contributed by atoms with Crippen molar-refractivity contribution in [2.75, 3.05) is 11.9 Å². The maximum absolute atomic E-state index is 12.1. The van der Waals surface area contributed by atoms with Crippen molar-refractivity contribution < 1.29 is 9.53 Å². The topological polar surface area (TPSA) is 64.1 Å². The summed E-state index contributed by atoms with van der Waals surface area (Å²) in [6, 6.07) is 14.3. The smallest absolute Gasteiger partial charge is 0.250 e. The molecule has 5 nitrogen and oxygen atoms in total. The highest BCUT2D eigenvalue weighted by Crippen LogP contribution is 2.26. The monoisotopic (exact) mass is 377 g/mol. The van der Waals surface area contributed by atoms with E-state index in [0.29, 0.717) is 11.6 Å². The zero-order valence-electron chi connectivity index (χ0n) is 14.9. The number of aryl methyl sites for hydroxylation is 1. The number of nitrogens with zero attached hydrogens (tertiary/aromatic N) is 2. The Hall–Kier alpha value is -2.99. The van der Waals surface area contributed by atoms with Gasteiger partial charge >= 0.3 is 0 Å². The van der Waals surface area contributed by atoms with E-state index in [1.807, 2.05) is 12.1 Å². The van der Waals surface area contributed by atoms with Crippen molar-refractivity contribution in [3.05, 3.63) is 75.8 Å². The molecule has 3 aromatic rings. The number of amides is 1. The number of carbonyl (C=O) groups is 1. The number of nitrogens with one attached hydrogen (secondary N) is 1. The predicted octanol–water partition coefficient (Wildman–Crippen LogP) is 4.02. The van der Waals surface area contributed by atoms with Crippen LogP contribution < -0.4 is 10.1 Å². The van der Waals surface area contributed by atoms with Gasteiger partial charge < -0.3 is 4.74 Å². The van der Waals surface area contributed by atoms with E-state index in [0.717, 1.165) is 29.3 Å². The Balaban J connectivity index is 1.35. The molecule has 2 heterocycles. The molecular formula is C21H19N3O2S. The van der Waals surface area contributed by atoms with Crippen molar-refractivity contribution in [1.29, 1.82) is 0 Å². The second kappa shape index (κ2) is 7.72. The van der Waals surface area contributed by atoms with E-state index in [4.69, 9.17) is 4.74 Å². The number of benzene rings is 2. The molecule has 1 aliphatic heterocycles. The summed E-state index contributed by atoms with van der Waals surface area (Å²) in [5.41, 5.74) is 4.57. The molecule has 0 unspecified atom stereocenters. The molecule has 1 amide bonds. The van der Waals surface area contributed by atoms with E-state index in [1.165, 1.54) is 34.1 Å². The van der Waals surface area contributed by atoms with Crippen LogP contribution in [0, 0.1) is 6.92 Å². The first-order valence-corrected chi connectivity index (χ1v) is 9.60. The van der Waals surface area contributed by atoms with Crippen molar-refractivity contribution in [2.24, 2.45) is 0 Å². The second-order valence-corrected chi connectivity index (χ2v) is 7.51. The number of rotatable bonds is 5. The lowest BCUT2D eigenvalue weighted by Crippen LogP contribution is -2.07. The number of hydrogen-bond donors (Lipinski definition) is 1. The van der Waals surface area contributed by atoms with Gasteiger partial charge in [0.2, 0.25) is 11.0 Å². The highest BCUT2D eigenvalue weighted by molar-refractivity contribution is 7.15. The van der Waals surface area contributed by atoms with Gasteiger partial charge in [-0.25, -0.2) is 0 Å². The van der Waals surface area contributed by atoms with Gasteiger partial charge in [0.1, 0.15) is 10.8 Å². The molecule has 6 heteroatoms. The summed E-state index contributed by atoms with van der Waals surface area (Å²) in [6.07, 6.45) is 4.93. The van der Waals surface area contributed by atoms with E-state index in [9.17, 15) is 4.79 Å². The van der Waals surface area contributed by atoms with Gasteiger partial charge in [0.05, 0.1) is 6.61 Å². The maximum atomic E-state index is 12.1. The molecule has 0 atom stereocenters. The molecule has 0 bridgehead atoms. The van der Waals surface area contributed by atoms with Crippen LogP contribution in [0.3, 0.4) is 0 Å².